The molecule has 1 amide bonds. The van der Waals surface area contributed by atoms with Crippen molar-refractivity contribution in [2.75, 3.05) is 33.4 Å². The molecule has 156 valence electrons. The van der Waals surface area contributed by atoms with Crippen LogP contribution in [0.4, 0.5) is 4.39 Å². The molecule has 1 fully saturated rings. The van der Waals surface area contributed by atoms with Gasteiger partial charge in [0.15, 0.2) is 0 Å². The quantitative estimate of drug-likeness (QED) is 0.715. The number of hydrogen-bond acceptors (Lipinski definition) is 4. The summed E-state index contributed by atoms with van der Waals surface area (Å²) < 4.78 is 45.6. The summed E-state index contributed by atoms with van der Waals surface area (Å²) in [5.74, 6) is -0.720. The topological polar surface area (TPSA) is 66.9 Å². The molecule has 0 aliphatic carbocycles. The van der Waals surface area contributed by atoms with Gasteiger partial charge >= 0.3 is 0 Å². The van der Waals surface area contributed by atoms with Crippen LogP contribution in [-0.2, 0) is 14.8 Å². The summed E-state index contributed by atoms with van der Waals surface area (Å²) in [5, 5.41) is 0.0577. The van der Waals surface area contributed by atoms with E-state index in [4.69, 9.17) is 16.3 Å². The molecular formula is C20H22ClFN2O4S. The first kappa shape index (κ1) is 21.7. The van der Waals surface area contributed by atoms with E-state index in [1.165, 1.54) is 39.5 Å². The zero-order valence-electron chi connectivity index (χ0n) is 16.1. The number of carbonyl (C=O) groups is 1. The van der Waals surface area contributed by atoms with Gasteiger partial charge in [0.05, 0.1) is 24.3 Å². The first-order chi connectivity index (χ1) is 13.7. The summed E-state index contributed by atoms with van der Waals surface area (Å²) in [6.07, 6.45) is 0. The lowest BCUT2D eigenvalue weighted by Crippen LogP contribution is -2.40. The molecule has 1 saturated heterocycles. The number of rotatable bonds is 5. The van der Waals surface area contributed by atoms with Crippen LogP contribution in [-0.4, -0.2) is 56.9 Å². The highest BCUT2D eigenvalue weighted by Gasteiger charge is 2.30. The summed E-state index contributed by atoms with van der Waals surface area (Å²) >= 11 is 6.16. The van der Waals surface area contributed by atoms with E-state index in [2.05, 4.69) is 0 Å². The largest absolute Gasteiger partial charge is 0.379 e. The highest BCUT2D eigenvalue weighted by molar-refractivity contribution is 7.89. The zero-order valence-corrected chi connectivity index (χ0v) is 17.7. The van der Waals surface area contributed by atoms with Crippen LogP contribution in [0.25, 0.3) is 0 Å². The van der Waals surface area contributed by atoms with Crippen LogP contribution in [0.2, 0.25) is 5.02 Å². The third kappa shape index (κ3) is 4.61. The standard InChI is InChI=1S/C20H22ClFN2O4S/c1-14(15-3-6-17(22)7-4-15)23(2)20(25)16-5-8-18(21)19(13-16)29(26,27)24-9-11-28-12-10-24/h3-8,13-14H,9-12H2,1-2H3. The zero-order chi connectivity index (χ0) is 21.2. The SMILES string of the molecule is CC(c1ccc(F)cc1)N(C)C(=O)c1ccc(Cl)c(S(=O)(=O)N2CCOCC2)c1. The number of halogens is 2. The Kier molecular flexibility index (Phi) is 6.58. The average Bonchev–Trinajstić information content (AvgIpc) is 2.73. The second-order valence-electron chi connectivity index (χ2n) is 6.81. The summed E-state index contributed by atoms with van der Waals surface area (Å²) in [5.41, 5.74) is 0.968. The van der Waals surface area contributed by atoms with E-state index >= 15 is 0 Å². The van der Waals surface area contributed by atoms with E-state index in [9.17, 15) is 17.6 Å². The maximum atomic E-state index is 13.2. The Balaban J connectivity index is 1.88. The number of carbonyl (C=O) groups excluding carboxylic acids is 1. The van der Waals surface area contributed by atoms with Crippen molar-refractivity contribution in [2.24, 2.45) is 0 Å². The predicted molar refractivity (Wildman–Crippen MR) is 108 cm³/mol. The van der Waals surface area contributed by atoms with Gasteiger partial charge < -0.3 is 9.64 Å². The third-order valence-electron chi connectivity index (χ3n) is 5.02. The predicted octanol–water partition coefficient (Wildman–Crippen LogP) is 3.33. The van der Waals surface area contributed by atoms with Gasteiger partial charge in [0.25, 0.3) is 5.91 Å². The fraction of sp³-hybridized carbons (Fsp3) is 0.350. The van der Waals surface area contributed by atoms with Gasteiger partial charge in [-0.25, -0.2) is 12.8 Å². The van der Waals surface area contributed by atoms with Crippen molar-refractivity contribution in [3.8, 4) is 0 Å². The summed E-state index contributed by atoms with van der Waals surface area (Å²) in [6.45, 7) is 2.91. The molecule has 0 spiro atoms. The Morgan fingerprint density at radius 2 is 1.79 bits per heavy atom. The lowest BCUT2D eigenvalue weighted by molar-refractivity contribution is 0.0729. The van der Waals surface area contributed by atoms with Gasteiger partial charge in [0, 0.05) is 25.7 Å². The Bertz CT molecular complexity index is 992. The molecule has 1 aliphatic rings. The Hall–Kier alpha value is -2.00. The van der Waals surface area contributed by atoms with Crippen LogP contribution in [0.1, 0.15) is 28.9 Å². The molecule has 3 rings (SSSR count). The highest BCUT2D eigenvalue weighted by atomic mass is 35.5. The minimum Gasteiger partial charge on any atom is -0.379 e. The fourth-order valence-corrected chi connectivity index (χ4v) is 5.01. The number of hydrogen-bond donors (Lipinski definition) is 0. The fourth-order valence-electron chi connectivity index (χ4n) is 3.10. The van der Waals surface area contributed by atoms with Crippen molar-refractivity contribution >= 4 is 27.5 Å². The van der Waals surface area contributed by atoms with Gasteiger partial charge in [-0.2, -0.15) is 4.31 Å². The van der Waals surface area contributed by atoms with E-state index in [1.807, 2.05) is 6.92 Å². The monoisotopic (exact) mass is 440 g/mol. The highest BCUT2D eigenvalue weighted by Crippen LogP contribution is 2.28. The molecule has 29 heavy (non-hydrogen) atoms. The molecule has 0 N–H and O–H groups in total. The number of benzene rings is 2. The lowest BCUT2D eigenvalue weighted by Gasteiger charge is -2.27. The molecule has 2 aromatic rings. The molecule has 1 atom stereocenters. The van der Waals surface area contributed by atoms with E-state index in [-0.39, 0.29) is 46.3 Å². The molecule has 0 radical (unpaired) electrons. The van der Waals surface area contributed by atoms with Gasteiger partial charge in [0.1, 0.15) is 10.7 Å². The van der Waals surface area contributed by atoms with Gasteiger partial charge in [-0.1, -0.05) is 23.7 Å². The normalized spacial score (nSPS) is 16.4. The average molecular weight is 441 g/mol. The minimum absolute atomic E-state index is 0.0577. The van der Waals surface area contributed by atoms with Crippen LogP contribution in [0, 0.1) is 5.82 Å². The molecule has 9 heteroatoms. The number of sulfonamides is 1. The first-order valence-corrected chi connectivity index (χ1v) is 10.9. The molecule has 1 aliphatic heterocycles. The third-order valence-corrected chi connectivity index (χ3v) is 7.40. The Labute approximate surface area is 174 Å². The van der Waals surface area contributed by atoms with Crippen LogP contribution in [0.5, 0.6) is 0 Å². The number of nitrogens with zero attached hydrogens (tertiary/aromatic N) is 2. The maximum Gasteiger partial charge on any atom is 0.254 e. The smallest absolute Gasteiger partial charge is 0.254 e. The number of ether oxygens (including phenoxy) is 1. The first-order valence-electron chi connectivity index (χ1n) is 9.12. The van der Waals surface area contributed by atoms with Crippen molar-refractivity contribution in [3.05, 3.63) is 64.4 Å². The molecule has 1 unspecified atom stereocenters. The Morgan fingerprint density at radius 3 is 2.41 bits per heavy atom. The van der Waals surface area contributed by atoms with E-state index in [1.54, 1.807) is 19.2 Å². The Morgan fingerprint density at radius 1 is 1.17 bits per heavy atom. The van der Waals surface area contributed by atoms with Crippen molar-refractivity contribution in [3.63, 3.8) is 0 Å². The van der Waals surface area contributed by atoms with E-state index in [0.717, 1.165) is 5.56 Å². The van der Waals surface area contributed by atoms with Crippen LogP contribution >= 0.6 is 11.6 Å². The van der Waals surface area contributed by atoms with Gasteiger partial charge in [-0.15, -0.1) is 0 Å². The molecule has 0 saturated carbocycles. The second kappa shape index (κ2) is 8.79. The van der Waals surface area contributed by atoms with Crippen molar-refractivity contribution in [1.82, 2.24) is 9.21 Å². The van der Waals surface area contributed by atoms with Crippen molar-refractivity contribution in [2.45, 2.75) is 17.9 Å². The number of morpholine rings is 1. The summed E-state index contributed by atoms with van der Waals surface area (Å²) in [7, 11) is -2.23. The molecule has 1 heterocycles. The molecule has 2 aromatic carbocycles. The number of amides is 1. The van der Waals surface area contributed by atoms with E-state index < -0.39 is 10.0 Å². The summed E-state index contributed by atoms with van der Waals surface area (Å²) in [4.78, 5) is 14.3. The summed E-state index contributed by atoms with van der Waals surface area (Å²) in [6, 6.07) is 9.77. The van der Waals surface area contributed by atoms with Crippen LogP contribution in [0.3, 0.4) is 0 Å². The van der Waals surface area contributed by atoms with Gasteiger partial charge in [-0.05, 0) is 42.8 Å². The maximum absolute atomic E-state index is 13.2. The molecule has 0 aromatic heterocycles. The lowest BCUT2D eigenvalue weighted by atomic mass is 10.1. The second-order valence-corrected chi connectivity index (χ2v) is 9.12. The molecule has 0 bridgehead atoms. The van der Waals surface area contributed by atoms with E-state index in [0.29, 0.717) is 13.2 Å². The van der Waals surface area contributed by atoms with Gasteiger partial charge in [-0.3, -0.25) is 4.79 Å². The minimum atomic E-state index is -3.84. The van der Waals surface area contributed by atoms with Gasteiger partial charge in [0.2, 0.25) is 10.0 Å². The molecule has 6 nitrogen and oxygen atoms in total. The van der Waals surface area contributed by atoms with Crippen LogP contribution in [0.15, 0.2) is 47.4 Å². The van der Waals surface area contributed by atoms with Crippen molar-refractivity contribution < 1.29 is 22.3 Å². The molecular weight excluding hydrogens is 419 g/mol. The van der Waals surface area contributed by atoms with Crippen molar-refractivity contribution in [1.29, 1.82) is 0 Å². The van der Waals surface area contributed by atoms with Crippen LogP contribution < -0.4 is 0 Å².